The van der Waals surface area contributed by atoms with Gasteiger partial charge in [0.25, 0.3) is 5.91 Å². The van der Waals surface area contributed by atoms with Gasteiger partial charge < -0.3 is 40.8 Å². The number of carbonyl (C=O) groups excluding carboxylic acids is 5. The first kappa shape index (κ1) is 50.6. The topological polar surface area (TPSA) is 183 Å². The van der Waals surface area contributed by atoms with Gasteiger partial charge in [-0.2, -0.15) is 0 Å². The molecule has 3 atom stereocenters. The van der Waals surface area contributed by atoms with Crippen LogP contribution >= 0.6 is 11.3 Å². The number of aryl methyl sites for hydroxylation is 2. The molecule has 0 saturated heterocycles. The van der Waals surface area contributed by atoms with E-state index in [1.54, 1.807) is 55.6 Å². The average molecular weight is 924 g/mol. The van der Waals surface area contributed by atoms with E-state index in [1.165, 1.54) is 32.9 Å². The third-order valence-corrected chi connectivity index (χ3v) is 11.3. The largest absolute Gasteiger partial charge is 0.484 e. The first-order valence-electron chi connectivity index (χ1n) is 21.9. The normalized spacial score (nSPS) is 11.9. The molecule has 1 aromatic heterocycles. The Balaban J connectivity index is 0.000000550. The zero-order valence-electron chi connectivity index (χ0n) is 37.6. The summed E-state index contributed by atoms with van der Waals surface area (Å²) < 4.78 is 5.64. The van der Waals surface area contributed by atoms with Crippen molar-refractivity contribution in [1.29, 1.82) is 0 Å². The number of aliphatic carboxylic acids is 1. The maximum atomic E-state index is 14.2. The third-order valence-electron chi connectivity index (χ3n) is 10.4. The fourth-order valence-electron chi connectivity index (χ4n) is 7.01. The number of thiophene rings is 1. The Kier molecular flexibility index (Phi) is 20.5. The first-order valence-corrected chi connectivity index (χ1v) is 22.8. The highest BCUT2D eigenvalue weighted by Gasteiger charge is 2.31. The van der Waals surface area contributed by atoms with Gasteiger partial charge in [0.05, 0.1) is 12.6 Å². The zero-order valence-corrected chi connectivity index (χ0v) is 38.5. The number of aldehydes is 1. The SMILES string of the molecule is CNCC(=O)N[C@H](CCc1ccccc1)C(=O)N[C@@H](Cc1ccc(OCC(=O)N[C@@H](C=O)Cc2cccs2)cc1)C(=O)N(CC(=O)O)Cc1ccccc1.Cc1ccc(-c2ccccc2)cc1. The highest BCUT2D eigenvalue weighted by molar-refractivity contribution is 7.09. The number of carboxylic acid groups (broad SMARTS) is 1. The minimum Gasteiger partial charge on any atom is -0.484 e. The van der Waals surface area contributed by atoms with Crippen LogP contribution in [-0.4, -0.2) is 90.8 Å². The van der Waals surface area contributed by atoms with Crippen molar-refractivity contribution in [3.05, 3.63) is 184 Å². The molecule has 0 saturated carbocycles. The van der Waals surface area contributed by atoms with E-state index in [0.717, 1.165) is 10.4 Å². The van der Waals surface area contributed by atoms with Crippen molar-refractivity contribution in [2.45, 2.75) is 57.3 Å². The molecule has 0 aliphatic heterocycles. The van der Waals surface area contributed by atoms with Crippen LogP contribution in [0.2, 0.25) is 0 Å². The van der Waals surface area contributed by atoms with Crippen LogP contribution in [0.4, 0.5) is 0 Å². The summed E-state index contributed by atoms with van der Waals surface area (Å²) in [4.78, 5) is 78.8. The predicted molar refractivity (Wildman–Crippen MR) is 260 cm³/mol. The number of nitrogens with one attached hydrogen (secondary N) is 4. The van der Waals surface area contributed by atoms with Crippen molar-refractivity contribution in [1.82, 2.24) is 26.2 Å². The predicted octanol–water partition coefficient (Wildman–Crippen LogP) is 6.19. The standard InChI is InChI=1S/C40H45N5O8S.C13H12/c1-41-23-36(47)43-34(19-16-28-9-4-2-5-10-28)39(51)44-35(40(52)45(25-38(49)50)24-30-11-6-3-7-12-30)21-29-14-17-32(18-15-29)53-27-37(48)42-31(26-46)22-33-13-8-20-54-33;1-11-7-9-13(10-8-11)12-5-3-2-4-6-12/h2-15,17-18,20,26,31,34-35,41H,16,19,21-25,27H2,1H3,(H,42,48)(H,43,47)(H,44,51)(H,49,50);2-10H,1H3/t31-,34-,35+;/m1./s1. The van der Waals surface area contributed by atoms with Crippen molar-refractivity contribution >= 4 is 47.2 Å². The zero-order chi connectivity index (χ0) is 47.8. The van der Waals surface area contributed by atoms with E-state index >= 15 is 0 Å². The van der Waals surface area contributed by atoms with Crippen LogP contribution in [0.3, 0.4) is 0 Å². The minimum atomic E-state index is -1.22. The molecular formula is C53H57N5O8S. The molecule has 0 fully saturated rings. The van der Waals surface area contributed by atoms with Gasteiger partial charge in [0, 0.05) is 24.3 Å². The second kappa shape index (κ2) is 27.1. The lowest BCUT2D eigenvalue weighted by Crippen LogP contribution is -2.56. The molecule has 67 heavy (non-hydrogen) atoms. The highest BCUT2D eigenvalue weighted by Crippen LogP contribution is 2.19. The molecule has 0 radical (unpaired) electrons. The summed E-state index contributed by atoms with van der Waals surface area (Å²) in [6, 6.07) is 44.8. The quantitative estimate of drug-likeness (QED) is 0.0468. The van der Waals surface area contributed by atoms with E-state index in [2.05, 4.69) is 76.7 Å². The molecule has 1 heterocycles. The molecule has 13 nitrogen and oxygen atoms in total. The number of rotatable bonds is 23. The lowest BCUT2D eigenvalue weighted by molar-refractivity contribution is -0.146. The number of ether oxygens (including phenoxy) is 1. The van der Waals surface area contributed by atoms with Crippen LogP contribution < -0.4 is 26.0 Å². The lowest BCUT2D eigenvalue weighted by Gasteiger charge is -2.28. The lowest BCUT2D eigenvalue weighted by atomic mass is 10.0. The van der Waals surface area contributed by atoms with Gasteiger partial charge >= 0.3 is 5.97 Å². The number of likely N-dealkylation sites (N-methyl/N-ethyl adjacent to an activating group) is 1. The van der Waals surface area contributed by atoms with Gasteiger partial charge in [0.2, 0.25) is 17.7 Å². The number of nitrogens with zero attached hydrogens (tertiary/aromatic N) is 1. The molecule has 348 valence electrons. The van der Waals surface area contributed by atoms with Crippen LogP contribution in [0.1, 0.15) is 33.6 Å². The highest BCUT2D eigenvalue weighted by atomic mass is 32.1. The number of carbonyl (C=O) groups is 6. The van der Waals surface area contributed by atoms with Crippen molar-refractivity contribution in [2.75, 3.05) is 26.7 Å². The maximum Gasteiger partial charge on any atom is 0.323 e. The van der Waals surface area contributed by atoms with E-state index in [1.807, 2.05) is 60.0 Å². The summed E-state index contributed by atoms with van der Waals surface area (Å²) in [5.41, 5.74) is 6.14. The third kappa shape index (κ3) is 17.8. The van der Waals surface area contributed by atoms with Crippen LogP contribution in [0.25, 0.3) is 11.1 Å². The maximum absolute atomic E-state index is 14.2. The van der Waals surface area contributed by atoms with Gasteiger partial charge in [-0.05, 0) is 78.2 Å². The van der Waals surface area contributed by atoms with Gasteiger partial charge in [0.15, 0.2) is 6.61 Å². The second-order valence-electron chi connectivity index (χ2n) is 15.8. The number of benzene rings is 5. The van der Waals surface area contributed by atoms with Gasteiger partial charge in [-0.15, -0.1) is 11.3 Å². The van der Waals surface area contributed by atoms with E-state index < -0.39 is 54.3 Å². The Morgan fingerprint density at radius 2 is 1.30 bits per heavy atom. The van der Waals surface area contributed by atoms with Crippen LogP contribution in [0.5, 0.6) is 5.75 Å². The molecule has 0 spiro atoms. The number of amides is 4. The first-order chi connectivity index (χ1) is 32.5. The van der Waals surface area contributed by atoms with Crippen molar-refractivity contribution in [2.24, 2.45) is 0 Å². The number of hydrogen-bond donors (Lipinski definition) is 5. The molecule has 0 unspecified atom stereocenters. The summed E-state index contributed by atoms with van der Waals surface area (Å²) in [7, 11) is 1.61. The Bertz CT molecular complexity index is 2450. The Morgan fingerprint density at radius 3 is 1.90 bits per heavy atom. The molecule has 4 amide bonds. The van der Waals surface area contributed by atoms with Gasteiger partial charge in [-0.3, -0.25) is 24.0 Å². The molecule has 14 heteroatoms. The van der Waals surface area contributed by atoms with Crippen molar-refractivity contribution in [3.63, 3.8) is 0 Å². The molecule has 6 aromatic rings. The summed E-state index contributed by atoms with van der Waals surface area (Å²) in [6.07, 6.45) is 1.76. The van der Waals surface area contributed by atoms with Crippen LogP contribution in [-0.2, 0) is 54.6 Å². The van der Waals surface area contributed by atoms with Crippen LogP contribution in [0, 0.1) is 6.92 Å². The smallest absolute Gasteiger partial charge is 0.323 e. The molecule has 0 bridgehead atoms. The van der Waals surface area contributed by atoms with E-state index in [4.69, 9.17) is 4.74 Å². The Labute approximate surface area is 395 Å². The van der Waals surface area contributed by atoms with E-state index in [-0.39, 0.29) is 32.5 Å². The van der Waals surface area contributed by atoms with Gasteiger partial charge in [0.1, 0.15) is 30.7 Å². The molecule has 5 N–H and O–H groups in total. The van der Waals surface area contributed by atoms with Gasteiger partial charge in [-0.25, -0.2) is 0 Å². The second-order valence-corrected chi connectivity index (χ2v) is 16.8. The molecule has 0 aliphatic rings. The van der Waals surface area contributed by atoms with E-state index in [0.29, 0.717) is 36.0 Å². The summed E-state index contributed by atoms with van der Waals surface area (Å²) in [5.74, 6) is -2.96. The minimum absolute atomic E-state index is 0.0121. The van der Waals surface area contributed by atoms with E-state index in [9.17, 15) is 33.9 Å². The van der Waals surface area contributed by atoms with Crippen molar-refractivity contribution in [3.8, 4) is 16.9 Å². The average Bonchev–Trinajstić information content (AvgIpc) is 3.86. The summed E-state index contributed by atoms with van der Waals surface area (Å²) >= 11 is 1.49. The Morgan fingerprint density at radius 1 is 0.672 bits per heavy atom. The number of carboxylic acids is 1. The number of hydrogen-bond acceptors (Lipinski definition) is 9. The molecule has 5 aromatic carbocycles. The monoisotopic (exact) mass is 923 g/mol. The fourth-order valence-corrected chi connectivity index (χ4v) is 7.78. The summed E-state index contributed by atoms with van der Waals surface area (Å²) in [5, 5.41) is 22.6. The summed E-state index contributed by atoms with van der Waals surface area (Å²) in [6.45, 7) is 1.13. The molecule has 0 aliphatic carbocycles. The van der Waals surface area contributed by atoms with Crippen molar-refractivity contribution < 1.29 is 38.6 Å². The Hall–Kier alpha value is -7.42. The molecular weight excluding hydrogens is 867 g/mol. The van der Waals surface area contributed by atoms with Crippen LogP contribution in [0.15, 0.2) is 157 Å². The van der Waals surface area contributed by atoms with Gasteiger partial charge in [-0.1, -0.05) is 139 Å². The molecule has 6 rings (SSSR count). The fraction of sp³-hybridized carbons (Fsp3) is 0.245.